The number of carboxylic acid groups (broad SMARTS) is 1. The summed E-state index contributed by atoms with van der Waals surface area (Å²) >= 11 is 0. The van der Waals surface area contributed by atoms with Crippen LogP contribution in [0, 0.1) is 0 Å². The maximum atomic E-state index is 11.1. The SMILES string of the molecule is CCC(CC)(NCc1ncon1)C(=O)O. The molecule has 0 fully saturated rings. The molecule has 0 radical (unpaired) electrons. The van der Waals surface area contributed by atoms with Gasteiger partial charge in [0.05, 0.1) is 6.54 Å². The predicted molar refractivity (Wildman–Crippen MR) is 52.1 cm³/mol. The molecule has 0 aromatic carbocycles. The first-order valence-corrected chi connectivity index (χ1v) is 4.88. The highest BCUT2D eigenvalue weighted by atomic mass is 16.5. The Morgan fingerprint density at radius 1 is 1.60 bits per heavy atom. The smallest absolute Gasteiger partial charge is 0.323 e. The van der Waals surface area contributed by atoms with Gasteiger partial charge in [-0.05, 0) is 12.8 Å². The lowest BCUT2D eigenvalue weighted by molar-refractivity contribution is -0.145. The van der Waals surface area contributed by atoms with E-state index in [9.17, 15) is 4.79 Å². The molecular formula is C9H15N3O3. The molecule has 0 saturated carbocycles. The first-order chi connectivity index (χ1) is 7.14. The van der Waals surface area contributed by atoms with Crippen LogP contribution < -0.4 is 5.32 Å². The van der Waals surface area contributed by atoms with Gasteiger partial charge in [0.2, 0.25) is 6.39 Å². The molecule has 0 aliphatic carbocycles. The Balaban J connectivity index is 2.63. The van der Waals surface area contributed by atoms with Crippen molar-refractivity contribution in [3.8, 4) is 0 Å². The van der Waals surface area contributed by atoms with E-state index in [1.54, 1.807) is 0 Å². The van der Waals surface area contributed by atoms with Gasteiger partial charge in [-0.1, -0.05) is 19.0 Å². The third-order valence-electron chi connectivity index (χ3n) is 2.61. The number of aromatic nitrogens is 2. The van der Waals surface area contributed by atoms with E-state index in [1.807, 2.05) is 13.8 Å². The monoisotopic (exact) mass is 213 g/mol. The minimum absolute atomic E-state index is 0.296. The average Bonchev–Trinajstić information content (AvgIpc) is 2.72. The van der Waals surface area contributed by atoms with Crippen molar-refractivity contribution >= 4 is 5.97 Å². The first-order valence-electron chi connectivity index (χ1n) is 4.88. The number of hydrogen-bond donors (Lipinski definition) is 2. The van der Waals surface area contributed by atoms with E-state index < -0.39 is 11.5 Å². The molecule has 0 amide bonds. The molecule has 1 aromatic rings. The molecule has 0 aliphatic heterocycles. The Morgan fingerprint density at radius 3 is 2.67 bits per heavy atom. The standard InChI is InChI=1S/C9H15N3O3/c1-3-9(4-2,8(13)14)11-5-7-10-6-15-12-7/h6,11H,3-5H2,1-2H3,(H,13,14). The highest BCUT2D eigenvalue weighted by molar-refractivity contribution is 5.78. The maximum Gasteiger partial charge on any atom is 0.323 e. The summed E-state index contributed by atoms with van der Waals surface area (Å²) in [5, 5.41) is 15.7. The summed E-state index contributed by atoms with van der Waals surface area (Å²) in [5.41, 5.74) is -0.902. The van der Waals surface area contributed by atoms with Crippen LogP contribution in [0.15, 0.2) is 10.9 Å². The third-order valence-corrected chi connectivity index (χ3v) is 2.61. The Hall–Kier alpha value is -1.43. The van der Waals surface area contributed by atoms with Gasteiger partial charge >= 0.3 is 5.97 Å². The van der Waals surface area contributed by atoms with E-state index in [0.29, 0.717) is 25.2 Å². The molecule has 0 atom stereocenters. The number of aliphatic carboxylic acids is 1. The molecule has 0 aliphatic rings. The zero-order valence-corrected chi connectivity index (χ0v) is 8.86. The Kier molecular flexibility index (Phi) is 3.79. The summed E-state index contributed by atoms with van der Waals surface area (Å²) in [6, 6.07) is 0. The highest BCUT2D eigenvalue weighted by Gasteiger charge is 2.34. The summed E-state index contributed by atoms with van der Waals surface area (Å²) in [6.07, 6.45) is 2.24. The van der Waals surface area contributed by atoms with Crippen molar-refractivity contribution in [3.05, 3.63) is 12.2 Å². The molecule has 1 aromatic heterocycles. The molecule has 1 rings (SSSR count). The molecule has 6 nitrogen and oxygen atoms in total. The second kappa shape index (κ2) is 4.88. The van der Waals surface area contributed by atoms with Crippen LogP contribution in [0.4, 0.5) is 0 Å². The van der Waals surface area contributed by atoms with Crippen LogP contribution in [0.3, 0.4) is 0 Å². The number of nitrogens with one attached hydrogen (secondary N) is 1. The van der Waals surface area contributed by atoms with Crippen LogP contribution in [-0.2, 0) is 11.3 Å². The van der Waals surface area contributed by atoms with E-state index in [0.717, 1.165) is 0 Å². The highest BCUT2D eigenvalue weighted by Crippen LogP contribution is 2.15. The minimum atomic E-state index is -0.902. The molecule has 0 unspecified atom stereocenters. The Bertz CT molecular complexity index is 306. The quantitative estimate of drug-likeness (QED) is 0.726. The maximum absolute atomic E-state index is 11.1. The van der Waals surface area contributed by atoms with E-state index in [2.05, 4.69) is 20.0 Å². The summed E-state index contributed by atoms with van der Waals surface area (Å²) < 4.78 is 4.56. The largest absolute Gasteiger partial charge is 0.480 e. The second-order valence-corrected chi connectivity index (χ2v) is 3.30. The summed E-state index contributed by atoms with van der Waals surface area (Å²) in [5.74, 6) is -0.390. The van der Waals surface area contributed by atoms with Gasteiger partial charge in [0.1, 0.15) is 5.54 Å². The van der Waals surface area contributed by atoms with Crippen LogP contribution >= 0.6 is 0 Å². The van der Waals surface area contributed by atoms with Gasteiger partial charge in [-0.2, -0.15) is 4.98 Å². The molecule has 84 valence electrons. The lowest BCUT2D eigenvalue weighted by Gasteiger charge is -2.27. The van der Waals surface area contributed by atoms with Crippen molar-refractivity contribution < 1.29 is 14.4 Å². The lowest BCUT2D eigenvalue weighted by atomic mass is 9.93. The van der Waals surface area contributed by atoms with Crippen molar-refractivity contribution in [2.45, 2.75) is 38.8 Å². The minimum Gasteiger partial charge on any atom is -0.480 e. The lowest BCUT2D eigenvalue weighted by Crippen LogP contribution is -2.50. The molecule has 0 saturated heterocycles. The van der Waals surface area contributed by atoms with E-state index in [-0.39, 0.29) is 0 Å². The molecule has 1 heterocycles. The number of hydrogen-bond acceptors (Lipinski definition) is 5. The zero-order valence-electron chi connectivity index (χ0n) is 8.86. The zero-order chi connectivity index (χ0) is 11.3. The fourth-order valence-electron chi connectivity index (χ4n) is 1.40. The van der Waals surface area contributed by atoms with Crippen molar-refractivity contribution in [2.75, 3.05) is 0 Å². The Morgan fingerprint density at radius 2 is 2.27 bits per heavy atom. The Labute approximate surface area is 87.7 Å². The van der Waals surface area contributed by atoms with Gasteiger partial charge in [0, 0.05) is 0 Å². The van der Waals surface area contributed by atoms with E-state index >= 15 is 0 Å². The summed E-state index contributed by atoms with van der Waals surface area (Å²) in [7, 11) is 0. The molecule has 2 N–H and O–H groups in total. The fourth-order valence-corrected chi connectivity index (χ4v) is 1.40. The van der Waals surface area contributed by atoms with Crippen molar-refractivity contribution in [2.24, 2.45) is 0 Å². The number of carbonyl (C=O) groups is 1. The van der Waals surface area contributed by atoms with Crippen LogP contribution in [0.2, 0.25) is 0 Å². The van der Waals surface area contributed by atoms with Crippen LogP contribution in [-0.4, -0.2) is 26.8 Å². The van der Waals surface area contributed by atoms with Gasteiger partial charge in [0.25, 0.3) is 0 Å². The number of carboxylic acids is 1. The number of nitrogens with zero attached hydrogens (tertiary/aromatic N) is 2. The van der Waals surface area contributed by atoms with Gasteiger partial charge < -0.3 is 9.63 Å². The molecule has 6 heteroatoms. The van der Waals surface area contributed by atoms with Crippen LogP contribution in [0.5, 0.6) is 0 Å². The molecule has 0 bridgehead atoms. The topological polar surface area (TPSA) is 88.3 Å². The van der Waals surface area contributed by atoms with Crippen LogP contribution in [0.1, 0.15) is 32.5 Å². The molecule has 15 heavy (non-hydrogen) atoms. The fraction of sp³-hybridized carbons (Fsp3) is 0.667. The number of rotatable bonds is 6. The van der Waals surface area contributed by atoms with E-state index in [4.69, 9.17) is 5.11 Å². The van der Waals surface area contributed by atoms with E-state index in [1.165, 1.54) is 6.39 Å². The average molecular weight is 213 g/mol. The van der Waals surface area contributed by atoms with Crippen molar-refractivity contribution in [3.63, 3.8) is 0 Å². The summed E-state index contributed by atoms with van der Waals surface area (Å²) in [4.78, 5) is 14.9. The second-order valence-electron chi connectivity index (χ2n) is 3.30. The van der Waals surface area contributed by atoms with Gasteiger partial charge in [-0.25, -0.2) is 0 Å². The van der Waals surface area contributed by atoms with Crippen molar-refractivity contribution in [1.29, 1.82) is 0 Å². The van der Waals surface area contributed by atoms with Gasteiger partial charge in [0.15, 0.2) is 5.82 Å². The normalized spacial score (nSPS) is 11.6. The summed E-state index contributed by atoms with van der Waals surface area (Å²) in [6.45, 7) is 3.96. The van der Waals surface area contributed by atoms with Crippen molar-refractivity contribution in [1.82, 2.24) is 15.5 Å². The third kappa shape index (κ3) is 2.53. The van der Waals surface area contributed by atoms with Crippen LogP contribution in [0.25, 0.3) is 0 Å². The predicted octanol–water partition coefficient (Wildman–Crippen LogP) is 0.803. The molecule has 0 spiro atoms. The first kappa shape index (κ1) is 11.6. The van der Waals surface area contributed by atoms with Gasteiger partial charge in [-0.15, -0.1) is 0 Å². The molecular weight excluding hydrogens is 198 g/mol. The van der Waals surface area contributed by atoms with Gasteiger partial charge in [-0.3, -0.25) is 10.1 Å².